The van der Waals surface area contributed by atoms with Crippen LogP contribution in [-0.4, -0.2) is 16.1 Å². The van der Waals surface area contributed by atoms with Gasteiger partial charge in [-0.2, -0.15) is 0 Å². The quantitative estimate of drug-likeness (QED) is 0.516. The highest BCUT2D eigenvalue weighted by Gasteiger charge is 2.06. The van der Waals surface area contributed by atoms with E-state index in [0.717, 1.165) is 11.1 Å². The molecule has 5 heteroatoms. The lowest BCUT2D eigenvalue weighted by molar-refractivity contribution is -0.117. The van der Waals surface area contributed by atoms with E-state index < -0.39 is 0 Å². The number of rotatable bonds is 1. The molecule has 0 radical (unpaired) electrons. The monoisotopic (exact) mass is 238 g/mol. The van der Waals surface area contributed by atoms with Crippen molar-refractivity contribution in [3.05, 3.63) is 23.3 Å². The topological polar surface area (TPSA) is 61.4 Å². The van der Waals surface area contributed by atoms with Gasteiger partial charge in [0.05, 0.1) is 5.69 Å². The first-order chi connectivity index (χ1) is 7.40. The van der Waals surface area contributed by atoms with E-state index in [0.29, 0.717) is 5.69 Å². The Morgan fingerprint density at radius 2 is 1.88 bits per heavy atom. The summed E-state index contributed by atoms with van der Waals surface area (Å²) >= 11 is 4.89. The highest BCUT2D eigenvalue weighted by molar-refractivity contribution is 7.80. The highest BCUT2D eigenvalue weighted by atomic mass is 32.1. The van der Waals surface area contributed by atoms with E-state index in [1.54, 1.807) is 12.1 Å². The summed E-state index contributed by atoms with van der Waals surface area (Å²) in [6.07, 6.45) is 0. The molecule has 0 aromatic heterocycles. The van der Waals surface area contributed by atoms with Crippen molar-refractivity contribution in [2.75, 3.05) is 5.32 Å². The van der Waals surface area contributed by atoms with Crippen LogP contribution in [0.5, 0.6) is 5.75 Å². The molecule has 0 aliphatic carbocycles. The maximum atomic E-state index is 10.7. The van der Waals surface area contributed by atoms with Crippen molar-refractivity contribution in [1.29, 1.82) is 0 Å². The summed E-state index contributed by atoms with van der Waals surface area (Å²) in [6, 6.07) is 3.42. The fourth-order valence-corrected chi connectivity index (χ4v) is 1.47. The summed E-state index contributed by atoms with van der Waals surface area (Å²) in [5.41, 5.74) is 2.52. The summed E-state index contributed by atoms with van der Waals surface area (Å²) in [5, 5.41) is 15.0. The van der Waals surface area contributed by atoms with E-state index in [2.05, 4.69) is 10.6 Å². The van der Waals surface area contributed by atoms with Gasteiger partial charge in [-0.3, -0.25) is 4.79 Å². The van der Waals surface area contributed by atoms with Crippen molar-refractivity contribution in [2.24, 2.45) is 0 Å². The van der Waals surface area contributed by atoms with Gasteiger partial charge in [0.2, 0.25) is 5.91 Å². The Hall–Kier alpha value is -1.62. The highest BCUT2D eigenvalue weighted by Crippen LogP contribution is 2.26. The van der Waals surface area contributed by atoms with Gasteiger partial charge in [-0.25, -0.2) is 0 Å². The van der Waals surface area contributed by atoms with Gasteiger partial charge < -0.3 is 15.7 Å². The summed E-state index contributed by atoms with van der Waals surface area (Å²) in [5.74, 6) is -0.142. The second-order valence-electron chi connectivity index (χ2n) is 3.59. The molecule has 0 aliphatic rings. The van der Waals surface area contributed by atoms with Gasteiger partial charge in [-0.15, -0.1) is 0 Å². The Bertz CT molecular complexity index is 444. The van der Waals surface area contributed by atoms with Gasteiger partial charge in [-0.05, 0) is 49.3 Å². The third kappa shape index (κ3) is 3.20. The second kappa shape index (κ2) is 4.94. The van der Waals surface area contributed by atoms with Crippen LogP contribution in [0.3, 0.4) is 0 Å². The standard InChI is InChI=1S/C11H14N2O2S/c1-6-4-9(10(15)5-7(6)2)13-11(16)12-8(3)14/h4-5,15H,1-3H3,(H2,12,13,14,16). The normalized spacial score (nSPS) is 9.69. The number of nitrogens with one attached hydrogen (secondary N) is 2. The lowest BCUT2D eigenvalue weighted by Gasteiger charge is -2.11. The number of thiocarbonyl (C=S) groups is 1. The molecule has 1 rings (SSSR count). The predicted octanol–water partition coefficient (Wildman–Crippen LogP) is 1.84. The van der Waals surface area contributed by atoms with Crippen LogP contribution in [0.25, 0.3) is 0 Å². The molecule has 16 heavy (non-hydrogen) atoms. The number of phenolic OH excluding ortho intramolecular Hbond substituents is 1. The lowest BCUT2D eigenvalue weighted by Crippen LogP contribution is -2.32. The number of aromatic hydroxyl groups is 1. The Balaban J connectivity index is 2.85. The van der Waals surface area contributed by atoms with Crippen LogP contribution in [0.2, 0.25) is 0 Å². The van der Waals surface area contributed by atoms with Crippen LogP contribution in [0.15, 0.2) is 12.1 Å². The number of aryl methyl sites for hydroxylation is 2. The number of amides is 1. The molecule has 1 amide bonds. The number of carbonyl (C=O) groups is 1. The first-order valence-electron chi connectivity index (χ1n) is 4.79. The number of hydrogen-bond acceptors (Lipinski definition) is 3. The smallest absolute Gasteiger partial charge is 0.222 e. The van der Waals surface area contributed by atoms with E-state index >= 15 is 0 Å². The first kappa shape index (κ1) is 12.4. The predicted molar refractivity (Wildman–Crippen MR) is 67.6 cm³/mol. The Morgan fingerprint density at radius 3 is 2.44 bits per heavy atom. The average molecular weight is 238 g/mol. The molecule has 0 aliphatic heterocycles. The van der Waals surface area contributed by atoms with Crippen LogP contribution in [0.4, 0.5) is 5.69 Å². The molecule has 1 aromatic rings. The second-order valence-corrected chi connectivity index (χ2v) is 4.00. The fraction of sp³-hybridized carbons (Fsp3) is 0.273. The zero-order chi connectivity index (χ0) is 12.3. The number of carbonyl (C=O) groups excluding carboxylic acids is 1. The average Bonchev–Trinajstić information content (AvgIpc) is 2.12. The fourth-order valence-electron chi connectivity index (χ4n) is 1.21. The third-order valence-corrected chi connectivity index (χ3v) is 2.35. The molecule has 1 aromatic carbocycles. The van der Waals surface area contributed by atoms with E-state index in [1.807, 2.05) is 13.8 Å². The number of benzene rings is 1. The summed E-state index contributed by atoms with van der Waals surface area (Å²) in [4.78, 5) is 10.7. The van der Waals surface area contributed by atoms with Crippen LogP contribution in [0, 0.1) is 13.8 Å². The zero-order valence-electron chi connectivity index (χ0n) is 9.42. The maximum Gasteiger partial charge on any atom is 0.222 e. The minimum atomic E-state index is -0.249. The van der Waals surface area contributed by atoms with Crippen molar-refractivity contribution in [1.82, 2.24) is 5.32 Å². The van der Waals surface area contributed by atoms with Crippen LogP contribution in [-0.2, 0) is 4.79 Å². The third-order valence-electron chi connectivity index (χ3n) is 2.15. The molecule has 0 atom stereocenters. The van der Waals surface area contributed by atoms with Gasteiger partial charge in [0, 0.05) is 6.92 Å². The van der Waals surface area contributed by atoms with Crippen LogP contribution < -0.4 is 10.6 Å². The van der Waals surface area contributed by atoms with Gasteiger partial charge in [0.15, 0.2) is 5.11 Å². The van der Waals surface area contributed by atoms with Gasteiger partial charge >= 0.3 is 0 Å². The van der Waals surface area contributed by atoms with Gasteiger partial charge in [0.1, 0.15) is 5.75 Å². The van der Waals surface area contributed by atoms with Crippen molar-refractivity contribution < 1.29 is 9.90 Å². The van der Waals surface area contributed by atoms with Crippen molar-refractivity contribution in [2.45, 2.75) is 20.8 Å². The zero-order valence-corrected chi connectivity index (χ0v) is 10.2. The molecule has 0 heterocycles. The maximum absolute atomic E-state index is 10.7. The van der Waals surface area contributed by atoms with Gasteiger partial charge in [-0.1, -0.05) is 0 Å². The SMILES string of the molecule is CC(=O)NC(=S)Nc1cc(C)c(C)cc1O. The summed E-state index contributed by atoms with van der Waals surface area (Å²) < 4.78 is 0. The molecule has 0 bridgehead atoms. The molecule has 0 saturated heterocycles. The molecule has 0 unspecified atom stereocenters. The molecular weight excluding hydrogens is 224 g/mol. The van der Waals surface area contributed by atoms with Crippen molar-refractivity contribution in [3.63, 3.8) is 0 Å². The molecule has 4 nitrogen and oxygen atoms in total. The van der Waals surface area contributed by atoms with Crippen molar-refractivity contribution in [3.8, 4) is 5.75 Å². The molecular formula is C11H14N2O2S. The molecule has 0 spiro atoms. The molecule has 0 saturated carbocycles. The summed E-state index contributed by atoms with van der Waals surface area (Å²) in [6.45, 7) is 5.21. The molecule has 86 valence electrons. The minimum absolute atomic E-state index is 0.107. The van der Waals surface area contributed by atoms with E-state index in [1.165, 1.54) is 6.92 Å². The van der Waals surface area contributed by atoms with Crippen LogP contribution >= 0.6 is 12.2 Å². The summed E-state index contributed by atoms with van der Waals surface area (Å²) in [7, 11) is 0. The van der Waals surface area contributed by atoms with E-state index in [9.17, 15) is 9.90 Å². The number of hydrogen-bond donors (Lipinski definition) is 3. The largest absolute Gasteiger partial charge is 0.506 e. The molecule has 0 fully saturated rings. The van der Waals surface area contributed by atoms with E-state index in [-0.39, 0.29) is 16.8 Å². The van der Waals surface area contributed by atoms with Crippen LogP contribution in [0.1, 0.15) is 18.1 Å². The molecule has 3 N–H and O–H groups in total. The minimum Gasteiger partial charge on any atom is -0.506 e. The lowest BCUT2D eigenvalue weighted by atomic mass is 10.1. The van der Waals surface area contributed by atoms with Gasteiger partial charge in [0.25, 0.3) is 0 Å². The Labute approximate surface area is 99.7 Å². The van der Waals surface area contributed by atoms with Crippen molar-refractivity contribution >= 4 is 28.9 Å². The number of anilines is 1. The van der Waals surface area contributed by atoms with E-state index in [4.69, 9.17) is 12.2 Å². The number of phenols is 1. The Kier molecular flexibility index (Phi) is 3.84. The first-order valence-corrected chi connectivity index (χ1v) is 5.19. The Morgan fingerprint density at radius 1 is 1.31 bits per heavy atom.